The van der Waals surface area contributed by atoms with Crippen LogP contribution >= 0.6 is 0 Å². The van der Waals surface area contributed by atoms with Crippen molar-refractivity contribution in [2.24, 2.45) is 5.92 Å². The first-order chi connectivity index (χ1) is 5.90. The minimum Gasteiger partial charge on any atom is -0.202 e. The van der Waals surface area contributed by atoms with E-state index in [0.717, 1.165) is 4.31 Å². The summed E-state index contributed by atoms with van der Waals surface area (Å²) in [7, 11) is -2.09. The van der Waals surface area contributed by atoms with Crippen LogP contribution < -0.4 is 4.72 Å². The summed E-state index contributed by atoms with van der Waals surface area (Å²) in [6, 6.07) is 1.77. The Hall–Kier alpha value is -0.640. The van der Waals surface area contributed by atoms with Gasteiger partial charge in [0, 0.05) is 13.6 Å². The highest BCUT2D eigenvalue weighted by atomic mass is 32.2. The number of nitrogens with one attached hydrogen (secondary N) is 1. The molecule has 0 spiro atoms. The van der Waals surface area contributed by atoms with E-state index >= 15 is 0 Å². The molecule has 0 rings (SSSR count). The fourth-order valence-corrected chi connectivity index (χ4v) is 1.56. The van der Waals surface area contributed by atoms with Crippen molar-refractivity contribution in [2.45, 2.75) is 13.8 Å². The lowest BCUT2D eigenvalue weighted by molar-refractivity contribution is 0.479. The zero-order chi connectivity index (χ0) is 10.5. The highest BCUT2D eigenvalue weighted by Crippen LogP contribution is 1.95. The van der Waals surface area contributed by atoms with Crippen molar-refractivity contribution in [1.29, 1.82) is 5.26 Å². The quantitative estimate of drug-likeness (QED) is 0.639. The highest BCUT2D eigenvalue weighted by molar-refractivity contribution is 7.87. The maximum Gasteiger partial charge on any atom is 0.280 e. The Bertz CT molecular complexity index is 279. The van der Waals surface area contributed by atoms with Gasteiger partial charge in [-0.1, -0.05) is 13.8 Å². The smallest absolute Gasteiger partial charge is 0.202 e. The minimum atomic E-state index is -3.46. The number of nitrogens with zero attached hydrogens (tertiary/aromatic N) is 2. The summed E-state index contributed by atoms with van der Waals surface area (Å²) in [6.45, 7) is 4.07. The molecular formula is C7H15N3O2S. The van der Waals surface area contributed by atoms with Crippen molar-refractivity contribution in [2.75, 3.05) is 20.1 Å². The van der Waals surface area contributed by atoms with Gasteiger partial charge < -0.3 is 0 Å². The molecule has 0 heterocycles. The van der Waals surface area contributed by atoms with Crippen molar-refractivity contribution in [3.05, 3.63) is 0 Å². The molecule has 0 radical (unpaired) electrons. The van der Waals surface area contributed by atoms with E-state index in [0.29, 0.717) is 6.54 Å². The summed E-state index contributed by atoms with van der Waals surface area (Å²) < 4.78 is 25.9. The maximum absolute atomic E-state index is 11.3. The van der Waals surface area contributed by atoms with E-state index < -0.39 is 10.2 Å². The third-order valence-electron chi connectivity index (χ3n) is 1.38. The summed E-state index contributed by atoms with van der Waals surface area (Å²) in [5.41, 5.74) is 0. The first kappa shape index (κ1) is 12.4. The first-order valence-corrected chi connectivity index (χ1v) is 5.42. The van der Waals surface area contributed by atoms with E-state index in [4.69, 9.17) is 5.26 Å². The van der Waals surface area contributed by atoms with Crippen LogP contribution in [0.5, 0.6) is 0 Å². The predicted molar refractivity (Wildman–Crippen MR) is 50.0 cm³/mol. The van der Waals surface area contributed by atoms with Crippen molar-refractivity contribution in [3.8, 4) is 6.07 Å². The second-order valence-electron chi connectivity index (χ2n) is 3.16. The van der Waals surface area contributed by atoms with Crippen molar-refractivity contribution >= 4 is 10.2 Å². The van der Waals surface area contributed by atoms with Gasteiger partial charge in [0.05, 0.1) is 6.07 Å². The topological polar surface area (TPSA) is 73.2 Å². The highest BCUT2D eigenvalue weighted by Gasteiger charge is 2.16. The number of rotatable bonds is 5. The van der Waals surface area contributed by atoms with Gasteiger partial charge in [-0.2, -0.15) is 18.0 Å². The van der Waals surface area contributed by atoms with Gasteiger partial charge in [-0.25, -0.2) is 4.72 Å². The van der Waals surface area contributed by atoms with E-state index in [1.807, 2.05) is 13.8 Å². The lowest BCUT2D eigenvalue weighted by Gasteiger charge is -2.15. The Morgan fingerprint density at radius 1 is 1.54 bits per heavy atom. The second kappa shape index (κ2) is 5.17. The van der Waals surface area contributed by atoms with Crippen LogP contribution in [0.1, 0.15) is 13.8 Å². The van der Waals surface area contributed by atoms with Gasteiger partial charge in [0.2, 0.25) is 0 Å². The lowest BCUT2D eigenvalue weighted by atomic mass is 10.2. The summed E-state index contributed by atoms with van der Waals surface area (Å²) in [4.78, 5) is 0. The molecule has 0 amide bonds. The average molecular weight is 205 g/mol. The molecule has 0 aliphatic rings. The van der Waals surface area contributed by atoms with Crippen LogP contribution in [0.2, 0.25) is 0 Å². The predicted octanol–water partition coefficient (Wildman–Crippen LogP) is -0.0678. The molecule has 0 aromatic carbocycles. The molecule has 0 aliphatic heterocycles. The maximum atomic E-state index is 11.3. The molecule has 0 bridgehead atoms. The summed E-state index contributed by atoms with van der Waals surface area (Å²) >= 11 is 0. The van der Waals surface area contributed by atoms with E-state index in [2.05, 4.69) is 4.72 Å². The van der Waals surface area contributed by atoms with Gasteiger partial charge in [0.1, 0.15) is 6.54 Å². The zero-order valence-electron chi connectivity index (χ0n) is 8.11. The van der Waals surface area contributed by atoms with Crippen LogP contribution in [0.15, 0.2) is 0 Å². The van der Waals surface area contributed by atoms with Crippen LogP contribution in [-0.4, -0.2) is 32.9 Å². The fourth-order valence-electron chi connectivity index (χ4n) is 0.567. The van der Waals surface area contributed by atoms with E-state index in [1.165, 1.54) is 7.05 Å². The summed E-state index contributed by atoms with van der Waals surface area (Å²) in [6.07, 6.45) is 0. The van der Waals surface area contributed by atoms with Crippen molar-refractivity contribution in [1.82, 2.24) is 9.03 Å². The standard InChI is InChI=1S/C7H15N3O2S/c1-7(2)6-9-13(11,12)10(3)5-4-8/h7,9H,5-6H2,1-3H3. The van der Waals surface area contributed by atoms with Gasteiger partial charge in [0.25, 0.3) is 10.2 Å². The largest absolute Gasteiger partial charge is 0.280 e. The third-order valence-corrected chi connectivity index (χ3v) is 2.86. The van der Waals surface area contributed by atoms with Crippen molar-refractivity contribution in [3.63, 3.8) is 0 Å². The molecule has 6 heteroatoms. The Balaban J connectivity index is 4.17. The van der Waals surface area contributed by atoms with Gasteiger partial charge in [-0.15, -0.1) is 0 Å². The van der Waals surface area contributed by atoms with Crippen LogP contribution in [0.4, 0.5) is 0 Å². The molecule has 13 heavy (non-hydrogen) atoms. The van der Waals surface area contributed by atoms with Crippen LogP contribution in [-0.2, 0) is 10.2 Å². The van der Waals surface area contributed by atoms with Gasteiger partial charge in [0.15, 0.2) is 0 Å². The normalized spacial score (nSPS) is 12.0. The molecule has 0 aromatic heterocycles. The molecule has 0 fully saturated rings. The molecule has 0 saturated heterocycles. The third kappa shape index (κ3) is 4.83. The summed E-state index contributed by atoms with van der Waals surface area (Å²) in [5.74, 6) is 0.255. The van der Waals surface area contributed by atoms with Gasteiger partial charge in [-0.05, 0) is 5.92 Å². The Kier molecular flexibility index (Phi) is 4.91. The number of hydrogen-bond acceptors (Lipinski definition) is 3. The molecule has 1 N–H and O–H groups in total. The fraction of sp³-hybridized carbons (Fsp3) is 0.857. The Morgan fingerprint density at radius 2 is 2.08 bits per heavy atom. The Labute approximate surface area is 79.5 Å². The summed E-state index contributed by atoms with van der Waals surface area (Å²) in [5, 5.41) is 8.29. The molecule has 0 aromatic rings. The van der Waals surface area contributed by atoms with E-state index in [-0.39, 0.29) is 12.5 Å². The zero-order valence-corrected chi connectivity index (χ0v) is 8.93. The van der Waals surface area contributed by atoms with Crippen LogP contribution in [0.25, 0.3) is 0 Å². The monoisotopic (exact) mass is 205 g/mol. The Morgan fingerprint density at radius 3 is 2.46 bits per heavy atom. The van der Waals surface area contributed by atoms with Gasteiger partial charge in [-0.3, -0.25) is 0 Å². The van der Waals surface area contributed by atoms with Gasteiger partial charge >= 0.3 is 0 Å². The van der Waals surface area contributed by atoms with Crippen LogP contribution in [0, 0.1) is 17.2 Å². The molecule has 0 atom stereocenters. The van der Waals surface area contributed by atoms with E-state index in [1.54, 1.807) is 6.07 Å². The number of nitriles is 1. The lowest BCUT2D eigenvalue weighted by Crippen LogP contribution is -2.39. The SMILES string of the molecule is CC(C)CNS(=O)(=O)N(C)CC#N. The second-order valence-corrected chi connectivity index (χ2v) is 5.02. The molecule has 76 valence electrons. The first-order valence-electron chi connectivity index (χ1n) is 3.98. The van der Waals surface area contributed by atoms with E-state index in [9.17, 15) is 8.42 Å². The number of hydrogen-bond donors (Lipinski definition) is 1. The van der Waals surface area contributed by atoms with Crippen molar-refractivity contribution < 1.29 is 8.42 Å². The molecule has 0 saturated carbocycles. The molecular weight excluding hydrogens is 190 g/mol. The molecule has 5 nitrogen and oxygen atoms in total. The minimum absolute atomic E-state index is 0.132. The molecule has 0 unspecified atom stereocenters. The molecule has 0 aliphatic carbocycles. The average Bonchev–Trinajstić information content (AvgIpc) is 2.01. The van der Waals surface area contributed by atoms with Crippen LogP contribution in [0.3, 0.4) is 0 Å².